The van der Waals surface area contributed by atoms with E-state index in [0.717, 1.165) is 0 Å². The molecule has 4 heteroatoms. The van der Waals surface area contributed by atoms with Crippen LogP contribution in [-0.2, 0) is 11.2 Å². The summed E-state index contributed by atoms with van der Waals surface area (Å²) in [4.78, 5) is 10.6. The van der Waals surface area contributed by atoms with Gasteiger partial charge < -0.3 is 9.84 Å². The molecule has 15 heavy (non-hydrogen) atoms. The van der Waals surface area contributed by atoms with Crippen molar-refractivity contribution in [3.05, 3.63) is 28.6 Å². The molecule has 1 N–H and O–H groups in total. The van der Waals surface area contributed by atoms with Gasteiger partial charge >= 0.3 is 5.97 Å². The summed E-state index contributed by atoms with van der Waals surface area (Å²) in [5.74, 6) is -1.23. The van der Waals surface area contributed by atoms with Crippen molar-refractivity contribution in [1.29, 1.82) is 0 Å². The highest BCUT2D eigenvalue weighted by atomic mass is 19.1. The van der Waals surface area contributed by atoms with Gasteiger partial charge in [0.2, 0.25) is 0 Å². The van der Waals surface area contributed by atoms with Crippen LogP contribution in [0.25, 0.3) is 0 Å². The van der Waals surface area contributed by atoms with Gasteiger partial charge in [0.15, 0.2) is 11.6 Å². The van der Waals surface area contributed by atoms with Gasteiger partial charge in [0.25, 0.3) is 0 Å². The van der Waals surface area contributed by atoms with Crippen LogP contribution in [0.3, 0.4) is 0 Å². The summed E-state index contributed by atoms with van der Waals surface area (Å²) in [6.45, 7) is 3.24. The molecule has 0 radical (unpaired) electrons. The van der Waals surface area contributed by atoms with Crippen molar-refractivity contribution < 1.29 is 19.0 Å². The molecular weight excluding hydrogens is 199 g/mol. The Labute approximate surface area is 87.5 Å². The molecule has 0 amide bonds. The van der Waals surface area contributed by atoms with Crippen LogP contribution in [0.15, 0.2) is 6.07 Å². The van der Waals surface area contributed by atoms with Crippen molar-refractivity contribution in [3.8, 4) is 5.75 Å². The van der Waals surface area contributed by atoms with Crippen LogP contribution in [0, 0.1) is 19.7 Å². The molecule has 0 aromatic heterocycles. The molecule has 0 saturated carbocycles. The second-order valence-corrected chi connectivity index (χ2v) is 3.40. The van der Waals surface area contributed by atoms with E-state index in [0.29, 0.717) is 16.7 Å². The summed E-state index contributed by atoms with van der Waals surface area (Å²) < 4.78 is 18.4. The Balaban J connectivity index is 3.30. The van der Waals surface area contributed by atoms with Gasteiger partial charge in [-0.15, -0.1) is 0 Å². The third-order valence-corrected chi connectivity index (χ3v) is 2.30. The Morgan fingerprint density at radius 3 is 2.60 bits per heavy atom. The predicted octanol–water partition coefficient (Wildman–Crippen LogP) is 2.08. The van der Waals surface area contributed by atoms with Crippen LogP contribution in [0.5, 0.6) is 5.75 Å². The summed E-state index contributed by atoms with van der Waals surface area (Å²) in [5.41, 5.74) is 1.52. The van der Waals surface area contributed by atoms with Crippen molar-refractivity contribution in [2.75, 3.05) is 7.11 Å². The van der Waals surface area contributed by atoms with Crippen LogP contribution in [0.2, 0.25) is 0 Å². The molecule has 0 aliphatic rings. The second-order valence-electron chi connectivity index (χ2n) is 3.40. The monoisotopic (exact) mass is 212 g/mol. The Morgan fingerprint density at radius 1 is 1.53 bits per heavy atom. The molecule has 0 spiro atoms. The maximum Gasteiger partial charge on any atom is 0.307 e. The molecule has 0 aliphatic heterocycles. The molecule has 0 unspecified atom stereocenters. The molecule has 1 aromatic carbocycles. The lowest BCUT2D eigenvalue weighted by Crippen LogP contribution is -2.05. The number of methoxy groups -OCH3 is 1. The summed E-state index contributed by atoms with van der Waals surface area (Å²) in [6.07, 6.45) is -0.122. The predicted molar refractivity (Wildman–Crippen MR) is 53.8 cm³/mol. The SMILES string of the molecule is COc1c(C)c(CC(=O)O)cc(C)c1F. The van der Waals surface area contributed by atoms with Crippen molar-refractivity contribution in [2.45, 2.75) is 20.3 Å². The Kier molecular flexibility index (Phi) is 3.29. The normalized spacial score (nSPS) is 10.1. The molecule has 0 fully saturated rings. The summed E-state index contributed by atoms with van der Waals surface area (Å²) in [7, 11) is 1.37. The fourth-order valence-electron chi connectivity index (χ4n) is 1.51. The van der Waals surface area contributed by atoms with Gasteiger partial charge in [-0.2, -0.15) is 0 Å². The number of halogens is 1. The van der Waals surface area contributed by atoms with Crippen LogP contribution in [0.4, 0.5) is 4.39 Å². The molecular formula is C11H13FO3. The first kappa shape index (κ1) is 11.5. The highest BCUT2D eigenvalue weighted by Crippen LogP contribution is 2.28. The van der Waals surface area contributed by atoms with Gasteiger partial charge in [0.1, 0.15) is 0 Å². The van der Waals surface area contributed by atoms with Crippen molar-refractivity contribution in [1.82, 2.24) is 0 Å². The Hall–Kier alpha value is -1.58. The number of benzene rings is 1. The quantitative estimate of drug-likeness (QED) is 0.834. The largest absolute Gasteiger partial charge is 0.493 e. The van der Waals surface area contributed by atoms with E-state index < -0.39 is 11.8 Å². The first-order valence-electron chi connectivity index (χ1n) is 4.51. The average molecular weight is 212 g/mol. The number of hydrogen-bond donors (Lipinski definition) is 1. The molecule has 82 valence electrons. The van der Waals surface area contributed by atoms with Gasteiger partial charge in [-0.05, 0) is 30.5 Å². The molecule has 0 bridgehead atoms. The minimum atomic E-state index is -0.939. The fourth-order valence-corrected chi connectivity index (χ4v) is 1.51. The van der Waals surface area contributed by atoms with E-state index in [1.54, 1.807) is 19.9 Å². The number of hydrogen-bond acceptors (Lipinski definition) is 2. The smallest absolute Gasteiger partial charge is 0.307 e. The highest BCUT2D eigenvalue weighted by molar-refractivity contribution is 5.71. The van der Waals surface area contributed by atoms with E-state index in [9.17, 15) is 9.18 Å². The van der Waals surface area contributed by atoms with Crippen LogP contribution in [0.1, 0.15) is 16.7 Å². The van der Waals surface area contributed by atoms with E-state index in [2.05, 4.69) is 0 Å². The zero-order valence-electron chi connectivity index (χ0n) is 8.93. The van der Waals surface area contributed by atoms with Crippen molar-refractivity contribution in [2.24, 2.45) is 0 Å². The van der Waals surface area contributed by atoms with E-state index in [1.807, 2.05) is 0 Å². The van der Waals surface area contributed by atoms with Gasteiger partial charge in [-0.3, -0.25) is 4.79 Å². The lowest BCUT2D eigenvalue weighted by Gasteiger charge is -2.12. The third kappa shape index (κ3) is 2.26. The standard InChI is InChI=1S/C11H13FO3/c1-6-4-8(5-9(13)14)7(2)11(15-3)10(6)12/h4H,5H2,1-3H3,(H,13,14). The van der Waals surface area contributed by atoms with Gasteiger partial charge in [0, 0.05) is 0 Å². The van der Waals surface area contributed by atoms with Crippen LogP contribution < -0.4 is 4.74 Å². The van der Waals surface area contributed by atoms with Gasteiger partial charge in [-0.25, -0.2) is 4.39 Å². The van der Waals surface area contributed by atoms with E-state index in [-0.39, 0.29) is 12.2 Å². The minimum Gasteiger partial charge on any atom is -0.493 e. The number of aliphatic carboxylic acids is 1. The van der Waals surface area contributed by atoms with Crippen LogP contribution >= 0.6 is 0 Å². The number of carbonyl (C=O) groups is 1. The molecule has 0 heterocycles. The zero-order valence-corrected chi connectivity index (χ0v) is 8.93. The number of carboxylic acids is 1. The summed E-state index contributed by atoms with van der Waals surface area (Å²) in [5, 5.41) is 8.68. The highest BCUT2D eigenvalue weighted by Gasteiger charge is 2.15. The number of ether oxygens (including phenoxy) is 1. The van der Waals surface area contributed by atoms with E-state index >= 15 is 0 Å². The molecule has 3 nitrogen and oxygen atoms in total. The minimum absolute atomic E-state index is 0.122. The lowest BCUT2D eigenvalue weighted by molar-refractivity contribution is -0.136. The fraction of sp³-hybridized carbons (Fsp3) is 0.364. The first-order chi connectivity index (χ1) is 6.97. The molecule has 0 saturated heterocycles. The number of carboxylic acid groups (broad SMARTS) is 1. The molecule has 1 rings (SSSR count). The van der Waals surface area contributed by atoms with Crippen LogP contribution in [-0.4, -0.2) is 18.2 Å². The van der Waals surface area contributed by atoms with Crippen molar-refractivity contribution >= 4 is 5.97 Å². The van der Waals surface area contributed by atoms with Gasteiger partial charge in [0.05, 0.1) is 13.5 Å². The van der Waals surface area contributed by atoms with Gasteiger partial charge in [-0.1, -0.05) is 6.07 Å². The summed E-state index contributed by atoms with van der Waals surface area (Å²) in [6, 6.07) is 1.54. The summed E-state index contributed by atoms with van der Waals surface area (Å²) >= 11 is 0. The maximum absolute atomic E-state index is 13.5. The number of aryl methyl sites for hydroxylation is 1. The topological polar surface area (TPSA) is 46.5 Å². The Morgan fingerprint density at radius 2 is 2.13 bits per heavy atom. The lowest BCUT2D eigenvalue weighted by atomic mass is 10.0. The molecule has 0 aliphatic carbocycles. The van der Waals surface area contributed by atoms with Crippen molar-refractivity contribution in [3.63, 3.8) is 0 Å². The maximum atomic E-state index is 13.5. The first-order valence-corrected chi connectivity index (χ1v) is 4.51. The second kappa shape index (κ2) is 4.29. The Bertz CT molecular complexity index is 399. The molecule has 1 aromatic rings. The zero-order chi connectivity index (χ0) is 11.6. The van der Waals surface area contributed by atoms with E-state index in [4.69, 9.17) is 9.84 Å². The third-order valence-electron chi connectivity index (χ3n) is 2.30. The molecule has 0 atom stereocenters. The van der Waals surface area contributed by atoms with E-state index in [1.165, 1.54) is 7.11 Å². The number of rotatable bonds is 3. The average Bonchev–Trinajstić information content (AvgIpc) is 2.14.